The van der Waals surface area contributed by atoms with E-state index in [4.69, 9.17) is 57.2 Å². The summed E-state index contributed by atoms with van der Waals surface area (Å²) in [7, 11) is 0. The van der Waals surface area contributed by atoms with Gasteiger partial charge in [0.05, 0.1) is 13.2 Å². The first-order chi connectivity index (χ1) is 22.5. The SMILES string of the molecule is C1CCCC1.C=C(O)OC(C)(C)C.CC1(C)O[C@@H]2O[C@@H]([C@H]3COC(C)(C)O3)[C@@H](O)[C@@H]2O1.CC1(C)O[C@@H]2O[C@@H]([C@H]3COC(C)(C)O3)[C@@H](O)[C@@H]2O1.[Ti]. The average molecular weight is 755 g/mol. The van der Waals surface area contributed by atoms with Gasteiger partial charge in [0.25, 0.3) is 5.95 Å². The maximum atomic E-state index is 10.3. The van der Waals surface area contributed by atoms with Crippen molar-refractivity contribution in [2.75, 3.05) is 13.2 Å². The van der Waals surface area contributed by atoms with E-state index in [2.05, 4.69) is 6.58 Å². The molecule has 0 aromatic heterocycles. The van der Waals surface area contributed by atoms with Crippen LogP contribution >= 0.6 is 0 Å². The standard InChI is InChI=1S/2C12H20O6.C6H12O2.C5H10.Ti/c2*1-11(2)14-5-6(16-11)8-7(13)9-10(15-8)18-12(3,4)17-9;1-5(7)8-6(2,3)4;1-2-4-5-3-1;/h2*6-10,13H,5H2,1-4H3;7H,1H2,2-4H3;1-5H2;/t2*6-,7-,8+,9+,10+;;;/m11.../s1. The van der Waals surface area contributed by atoms with Gasteiger partial charge >= 0.3 is 0 Å². The van der Waals surface area contributed by atoms with Crippen LogP contribution < -0.4 is 0 Å². The molecule has 0 radical (unpaired) electrons. The Kier molecular flexibility index (Phi) is 14.9. The molecular weight excluding hydrogens is 692 g/mol. The second-order valence-electron chi connectivity index (χ2n) is 16.2. The summed E-state index contributed by atoms with van der Waals surface area (Å²) in [5, 5.41) is 29.0. The number of aliphatic hydroxyl groups excluding tert-OH is 3. The molecule has 10 atom stereocenters. The molecule has 15 heteroatoms. The van der Waals surface area contributed by atoms with Crippen LogP contribution in [0.1, 0.15) is 108 Å². The van der Waals surface area contributed by atoms with Crippen LogP contribution in [0.5, 0.6) is 0 Å². The molecule has 0 spiro atoms. The quantitative estimate of drug-likeness (QED) is 0.272. The summed E-state index contributed by atoms with van der Waals surface area (Å²) in [6.45, 7) is 24.1. The molecule has 7 aliphatic rings. The van der Waals surface area contributed by atoms with E-state index in [1.54, 1.807) is 27.7 Å². The second-order valence-corrected chi connectivity index (χ2v) is 16.2. The van der Waals surface area contributed by atoms with Crippen molar-refractivity contribution in [2.45, 2.75) is 198 Å². The van der Waals surface area contributed by atoms with Crippen molar-refractivity contribution in [3.05, 3.63) is 12.5 Å². The molecule has 0 aromatic carbocycles. The smallest absolute Gasteiger partial charge is 0.269 e. The van der Waals surface area contributed by atoms with Crippen molar-refractivity contribution in [2.24, 2.45) is 0 Å². The number of fused-ring (bicyclic) bond motifs is 2. The number of rotatable bonds is 3. The zero-order valence-corrected chi connectivity index (χ0v) is 33.3. The normalized spacial score (nSPS) is 39.8. The maximum absolute atomic E-state index is 10.3. The Morgan fingerprint density at radius 3 is 1.14 bits per heavy atom. The van der Waals surface area contributed by atoms with E-state index in [-0.39, 0.29) is 45.5 Å². The average Bonchev–Trinajstić information content (AvgIpc) is 3.79. The van der Waals surface area contributed by atoms with Gasteiger partial charge in [-0.15, -0.1) is 0 Å². The summed E-state index contributed by atoms with van der Waals surface area (Å²) >= 11 is 0. The number of aliphatic hydroxyl groups is 3. The molecule has 0 bridgehead atoms. The fourth-order valence-corrected chi connectivity index (χ4v) is 6.64. The first-order valence-corrected chi connectivity index (χ1v) is 17.6. The first kappa shape index (κ1) is 44.0. The van der Waals surface area contributed by atoms with Gasteiger partial charge in [-0.2, -0.15) is 0 Å². The topological polar surface area (TPSA) is 162 Å². The molecule has 3 N–H and O–H groups in total. The van der Waals surface area contributed by atoms with Gasteiger partial charge in [0, 0.05) is 21.7 Å². The van der Waals surface area contributed by atoms with Crippen LogP contribution in [0.4, 0.5) is 0 Å². The van der Waals surface area contributed by atoms with Gasteiger partial charge < -0.3 is 67.4 Å². The zero-order valence-electron chi connectivity index (χ0n) is 31.8. The Bertz CT molecular complexity index is 1020. The summed E-state index contributed by atoms with van der Waals surface area (Å²) in [4.78, 5) is 0. The van der Waals surface area contributed by atoms with Gasteiger partial charge in [0.1, 0.15) is 54.4 Å². The molecule has 1 aliphatic carbocycles. The molecule has 7 rings (SSSR count). The van der Waals surface area contributed by atoms with Gasteiger partial charge in [0.15, 0.2) is 35.7 Å². The van der Waals surface area contributed by atoms with E-state index in [9.17, 15) is 10.2 Å². The minimum absolute atomic E-state index is 0. The third-order valence-electron chi connectivity index (χ3n) is 8.57. The van der Waals surface area contributed by atoms with E-state index < -0.39 is 72.4 Å². The largest absolute Gasteiger partial charge is 0.481 e. The van der Waals surface area contributed by atoms with E-state index in [1.807, 2.05) is 48.5 Å². The minimum Gasteiger partial charge on any atom is -0.481 e. The summed E-state index contributed by atoms with van der Waals surface area (Å²) in [5.74, 6) is -2.92. The van der Waals surface area contributed by atoms with E-state index in [1.165, 1.54) is 32.1 Å². The Hall–Kier alpha value is -0.426. The van der Waals surface area contributed by atoms with E-state index in [0.717, 1.165) is 0 Å². The van der Waals surface area contributed by atoms with Crippen LogP contribution in [0.15, 0.2) is 12.5 Å². The minimum atomic E-state index is -0.765. The zero-order chi connectivity index (χ0) is 36.6. The Morgan fingerprint density at radius 1 is 0.580 bits per heavy atom. The molecule has 290 valence electrons. The van der Waals surface area contributed by atoms with Gasteiger partial charge in [-0.1, -0.05) is 32.1 Å². The van der Waals surface area contributed by atoms with Crippen LogP contribution in [0, 0.1) is 0 Å². The predicted octanol–water partition coefficient (Wildman–Crippen LogP) is 4.53. The van der Waals surface area contributed by atoms with Crippen LogP contribution in [0.25, 0.3) is 0 Å². The van der Waals surface area contributed by atoms with Crippen molar-refractivity contribution in [1.82, 2.24) is 0 Å². The third kappa shape index (κ3) is 12.3. The van der Waals surface area contributed by atoms with Crippen LogP contribution in [-0.4, -0.2) is 119 Å². The van der Waals surface area contributed by atoms with Gasteiger partial charge in [-0.25, -0.2) is 0 Å². The van der Waals surface area contributed by atoms with Crippen molar-refractivity contribution in [1.29, 1.82) is 0 Å². The first-order valence-electron chi connectivity index (χ1n) is 17.6. The van der Waals surface area contributed by atoms with Crippen LogP contribution in [0.2, 0.25) is 0 Å². The third-order valence-corrected chi connectivity index (χ3v) is 8.57. The van der Waals surface area contributed by atoms with Crippen molar-refractivity contribution < 1.29 is 89.1 Å². The molecule has 0 amide bonds. The molecule has 6 heterocycles. The van der Waals surface area contributed by atoms with Crippen molar-refractivity contribution in [3.8, 4) is 0 Å². The molecule has 7 fully saturated rings. The molecule has 6 aliphatic heterocycles. The predicted molar refractivity (Wildman–Crippen MR) is 175 cm³/mol. The summed E-state index contributed by atoms with van der Waals surface area (Å²) in [6, 6.07) is 0. The summed E-state index contributed by atoms with van der Waals surface area (Å²) in [5.41, 5.74) is -0.328. The summed E-state index contributed by atoms with van der Waals surface area (Å²) < 4.78 is 61.0. The van der Waals surface area contributed by atoms with E-state index >= 15 is 0 Å². The number of ether oxygens (including phenoxy) is 11. The van der Waals surface area contributed by atoms with Crippen LogP contribution in [-0.2, 0) is 73.8 Å². The van der Waals surface area contributed by atoms with Gasteiger partial charge in [-0.05, 0) is 82.7 Å². The molecule has 6 saturated heterocycles. The molecule has 1 saturated carbocycles. The van der Waals surface area contributed by atoms with Gasteiger partial charge in [0.2, 0.25) is 0 Å². The fourth-order valence-electron chi connectivity index (χ4n) is 6.64. The maximum Gasteiger partial charge on any atom is 0.269 e. The van der Waals surface area contributed by atoms with Crippen LogP contribution in [0.3, 0.4) is 0 Å². The number of hydrogen-bond acceptors (Lipinski definition) is 14. The molecule has 14 nitrogen and oxygen atoms in total. The fraction of sp³-hybridized carbons (Fsp3) is 0.943. The van der Waals surface area contributed by atoms with E-state index in [0.29, 0.717) is 13.2 Å². The number of hydrogen-bond donors (Lipinski definition) is 3. The molecule has 50 heavy (non-hydrogen) atoms. The molecular formula is C35H62O14Ti. The van der Waals surface area contributed by atoms with Crippen molar-refractivity contribution in [3.63, 3.8) is 0 Å². The molecule has 0 unspecified atom stereocenters. The summed E-state index contributed by atoms with van der Waals surface area (Å²) in [6.07, 6.45) is 2.44. The Labute approximate surface area is 312 Å². The Balaban J connectivity index is 0.000000199. The monoisotopic (exact) mass is 754 g/mol. The van der Waals surface area contributed by atoms with Gasteiger partial charge in [-0.3, -0.25) is 0 Å². The van der Waals surface area contributed by atoms with Crippen molar-refractivity contribution >= 4 is 0 Å². The molecule has 0 aromatic rings. The Morgan fingerprint density at radius 2 is 0.920 bits per heavy atom. The second kappa shape index (κ2) is 16.9.